The zero-order chi connectivity index (χ0) is 12.4. The second-order valence-electron chi connectivity index (χ2n) is 4.21. The number of aromatic nitrogens is 3. The summed E-state index contributed by atoms with van der Waals surface area (Å²) < 4.78 is 4.08. The molecule has 0 aliphatic rings. The average Bonchev–Trinajstić information content (AvgIpc) is 3.05. The fraction of sp³-hybridized carbons (Fsp3) is 0.143. The molecule has 0 radical (unpaired) electrons. The van der Waals surface area contributed by atoms with E-state index in [0.717, 1.165) is 30.3 Å². The molecule has 0 spiro atoms. The van der Waals surface area contributed by atoms with E-state index in [2.05, 4.69) is 9.67 Å². The molecule has 90 valence electrons. The van der Waals surface area contributed by atoms with Gasteiger partial charge in [0.25, 0.3) is 0 Å². The normalized spacial score (nSPS) is 10.9. The van der Waals surface area contributed by atoms with E-state index < -0.39 is 0 Å². The number of rotatable bonds is 4. The van der Waals surface area contributed by atoms with Crippen LogP contribution in [0.2, 0.25) is 0 Å². The number of aryl methyl sites for hydroxylation is 2. The predicted octanol–water partition coefficient (Wildman–Crippen LogP) is 2.35. The van der Waals surface area contributed by atoms with E-state index in [1.54, 1.807) is 6.20 Å². The Hall–Kier alpha value is -2.36. The van der Waals surface area contributed by atoms with Gasteiger partial charge in [0.15, 0.2) is 0 Å². The lowest BCUT2D eigenvalue weighted by atomic mass is 10.2. The molecule has 0 fully saturated rings. The van der Waals surface area contributed by atoms with Gasteiger partial charge < -0.3 is 4.57 Å². The van der Waals surface area contributed by atoms with Crippen LogP contribution in [0.1, 0.15) is 10.4 Å². The summed E-state index contributed by atoms with van der Waals surface area (Å²) in [6, 6.07) is 9.70. The van der Waals surface area contributed by atoms with Crippen LogP contribution in [-0.2, 0) is 13.1 Å². The smallest absolute Gasteiger partial charge is 0.150 e. The fourth-order valence-corrected chi connectivity index (χ4v) is 2.13. The van der Waals surface area contributed by atoms with Crippen molar-refractivity contribution in [3.63, 3.8) is 0 Å². The van der Waals surface area contributed by atoms with Crippen molar-refractivity contribution in [1.82, 2.24) is 14.3 Å². The summed E-state index contributed by atoms with van der Waals surface area (Å²) in [5, 5.41) is 5.28. The van der Waals surface area contributed by atoms with Gasteiger partial charge in [-0.05, 0) is 30.3 Å². The molecule has 0 aliphatic carbocycles. The molecular weight excluding hydrogens is 226 g/mol. The van der Waals surface area contributed by atoms with Crippen LogP contribution in [0.3, 0.4) is 0 Å². The third kappa shape index (κ3) is 1.93. The first kappa shape index (κ1) is 10.8. The predicted molar refractivity (Wildman–Crippen MR) is 69.6 cm³/mol. The summed E-state index contributed by atoms with van der Waals surface area (Å²) in [5.74, 6) is 0. The Labute approximate surface area is 104 Å². The van der Waals surface area contributed by atoms with Crippen LogP contribution in [0.15, 0.2) is 48.9 Å². The molecule has 2 aromatic heterocycles. The van der Waals surface area contributed by atoms with Crippen molar-refractivity contribution in [1.29, 1.82) is 0 Å². The van der Waals surface area contributed by atoms with Gasteiger partial charge in [-0.25, -0.2) is 0 Å². The van der Waals surface area contributed by atoms with Crippen LogP contribution in [-0.4, -0.2) is 20.6 Å². The first-order valence-electron chi connectivity index (χ1n) is 5.88. The molecule has 0 aliphatic heterocycles. The van der Waals surface area contributed by atoms with E-state index in [0.29, 0.717) is 5.56 Å². The number of carbonyl (C=O) groups excluding carboxylic acids is 1. The largest absolute Gasteiger partial charge is 0.346 e. The molecule has 0 saturated carbocycles. The molecule has 0 saturated heterocycles. The zero-order valence-corrected chi connectivity index (χ0v) is 9.86. The number of nitrogens with zero attached hydrogens (tertiary/aromatic N) is 3. The van der Waals surface area contributed by atoms with E-state index >= 15 is 0 Å². The molecule has 0 N–H and O–H groups in total. The van der Waals surface area contributed by atoms with Crippen molar-refractivity contribution >= 4 is 17.2 Å². The topological polar surface area (TPSA) is 39.8 Å². The van der Waals surface area contributed by atoms with E-state index in [1.165, 1.54) is 0 Å². The average molecular weight is 239 g/mol. The molecule has 1 aromatic carbocycles. The molecular formula is C14H13N3O. The molecule has 0 amide bonds. The summed E-state index contributed by atoms with van der Waals surface area (Å²) in [6.45, 7) is 1.71. The van der Waals surface area contributed by atoms with Crippen LogP contribution in [0.5, 0.6) is 0 Å². The van der Waals surface area contributed by atoms with Crippen LogP contribution in [0.25, 0.3) is 10.9 Å². The zero-order valence-electron chi connectivity index (χ0n) is 9.86. The number of carbonyl (C=O) groups is 1. The van der Waals surface area contributed by atoms with Crippen molar-refractivity contribution in [2.75, 3.05) is 0 Å². The SMILES string of the molecule is O=Cc1ccc2c(ccn2CCn2cccn2)c1. The number of aldehydes is 1. The van der Waals surface area contributed by atoms with Crippen molar-refractivity contribution in [2.45, 2.75) is 13.1 Å². The molecule has 2 heterocycles. The molecule has 0 bridgehead atoms. The van der Waals surface area contributed by atoms with Crippen molar-refractivity contribution in [3.8, 4) is 0 Å². The Bertz CT molecular complexity index is 667. The highest BCUT2D eigenvalue weighted by Crippen LogP contribution is 2.17. The van der Waals surface area contributed by atoms with Gasteiger partial charge in [0, 0.05) is 41.6 Å². The second kappa shape index (κ2) is 4.49. The number of fused-ring (bicyclic) bond motifs is 1. The van der Waals surface area contributed by atoms with Gasteiger partial charge in [0.05, 0.1) is 6.54 Å². The highest BCUT2D eigenvalue weighted by Gasteiger charge is 2.02. The maximum atomic E-state index is 10.7. The first-order valence-corrected chi connectivity index (χ1v) is 5.88. The van der Waals surface area contributed by atoms with Gasteiger partial charge in [-0.15, -0.1) is 0 Å². The maximum absolute atomic E-state index is 10.7. The van der Waals surface area contributed by atoms with Gasteiger partial charge >= 0.3 is 0 Å². The second-order valence-corrected chi connectivity index (χ2v) is 4.21. The minimum absolute atomic E-state index is 0.715. The van der Waals surface area contributed by atoms with Crippen LogP contribution >= 0.6 is 0 Å². The summed E-state index contributed by atoms with van der Waals surface area (Å²) in [7, 11) is 0. The quantitative estimate of drug-likeness (QED) is 0.656. The Morgan fingerprint density at radius 3 is 2.89 bits per heavy atom. The number of hydrogen-bond acceptors (Lipinski definition) is 2. The maximum Gasteiger partial charge on any atom is 0.150 e. The van der Waals surface area contributed by atoms with Crippen LogP contribution in [0.4, 0.5) is 0 Å². The summed E-state index contributed by atoms with van der Waals surface area (Å²) >= 11 is 0. The minimum Gasteiger partial charge on any atom is -0.346 e. The Morgan fingerprint density at radius 2 is 2.11 bits per heavy atom. The van der Waals surface area contributed by atoms with Crippen LogP contribution < -0.4 is 0 Å². The number of hydrogen-bond donors (Lipinski definition) is 0. The highest BCUT2D eigenvalue weighted by molar-refractivity contribution is 5.87. The van der Waals surface area contributed by atoms with Crippen molar-refractivity contribution in [2.24, 2.45) is 0 Å². The molecule has 4 nitrogen and oxygen atoms in total. The third-order valence-electron chi connectivity index (χ3n) is 3.06. The highest BCUT2D eigenvalue weighted by atomic mass is 16.1. The minimum atomic E-state index is 0.715. The molecule has 3 rings (SSSR count). The molecule has 0 atom stereocenters. The van der Waals surface area contributed by atoms with Crippen LogP contribution in [0, 0.1) is 0 Å². The lowest BCUT2D eigenvalue weighted by molar-refractivity contribution is 0.112. The van der Waals surface area contributed by atoms with Crippen molar-refractivity contribution < 1.29 is 4.79 Å². The standard InChI is InChI=1S/C14H13N3O/c18-11-12-2-3-14-13(10-12)4-7-16(14)8-9-17-6-1-5-15-17/h1-7,10-11H,8-9H2. The molecule has 18 heavy (non-hydrogen) atoms. The van der Waals surface area contributed by atoms with E-state index in [9.17, 15) is 4.79 Å². The van der Waals surface area contributed by atoms with E-state index in [-0.39, 0.29) is 0 Å². The summed E-state index contributed by atoms with van der Waals surface area (Å²) in [6.07, 6.45) is 6.66. The van der Waals surface area contributed by atoms with E-state index in [4.69, 9.17) is 0 Å². The van der Waals surface area contributed by atoms with E-state index in [1.807, 2.05) is 47.4 Å². The fourth-order valence-electron chi connectivity index (χ4n) is 2.13. The van der Waals surface area contributed by atoms with Gasteiger partial charge in [0.2, 0.25) is 0 Å². The van der Waals surface area contributed by atoms with Gasteiger partial charge in [-0.3, -0.25) is 9.48 Å². The van der Waals surface area contributed by atoms with Gasteiger partial charge in [-0.1, -0.05) is 0 Å². The van der Waals surface area contributed by atoms with Gasteiger partial charge in [0.1, 0.15) is 6.29 Å². The Morgan fingerprint density at radius 1 is 1.17 bits per heavy atom. The number of benzene rings is 1. The molecule has 0 unspecified atom stereocenters. The first-order chi connectivity index (χ1) is 8.86. The monoisotopic (exact) mass is 239 g/mol. The Balaban J connectivity index is 1.86. The lowest BCUT2D eigenvalue weighted by Gasteiger charge is -2.05. The van der Waals surface area contributed by atoms with Crippen molar-refractivity contribution in [3.05, 3.63) is 54.5 Å². The third-order valence-corrected chi connectivity index (χ3v) is 3.06. The Kier molecular flexibility index (Phi) is 2.68. The molecule has 4 heteroatoms. The lowest BCUT2D eigenvalue weighted by Crippen LogP contribution is -2.06. The molecule has 3 aromatic rings. The van der Waals surface area contributed by atoms with Gasteiger partial charge in [-0.2, -0.15) is 5.10 Å². The summed E-state index contributed by atoms with van der Waals surface area (Å²) in [5.41, 5.74) is 1.86. The summed E-state index contributed by atoms with van der Waals surface area (Å²) in [4.78, 5) is 10.7.